The first-order valence-electron chi connectivity index (χ1n) is 15.2. The first-order valence-corrected chi connectivity index (χ1v) is 15.2. The highest BCUT2D eigenvalue weighted by Gasteiger charge is 2.75. The fourth-order valence-electron chi connectivity index (χ4n) is 7.28. The van der Waals surface area contributed by atoms with Crippen molar-refractivity contribution in [3.05, 3.63) is 55.6 Å². The van der Waals surface area contributed by atoms with Gasteiger partial charge in [0, 0.05) is 25.3 Å². The molecule has 1 aromatic carbocycles. The summed E-state index contributed by atoms with van der Waals surface area (Å²) < 4.78 is 6.68. The molecule has 8 nitrogen and oxygen atoms in total. The highest BCUT2D eigenvalue weighted by molar-refractivity contribution is 6.03. The van der Waals surface area contributed by atoms with Gasteiger partial charge < -0.3 is 24.5 Å². The van der Waals surface area contributed by atoms with Crippen molar-refractivity contribution in [1.29, 1.82) is 0 Å². The van der Waals surface area contributed by atoms with E-state index in [1.54, 1.807) is 26.9 Å². The van der Waals surface area contributed by atoms with Crippen LogP contribution in [0.3, 0.4) is 0 Å². The fraction of sp³-hybridized carbons (Fsp3) is 0.606. The SMILES string of the molecule is C=CCN(CCCCC)C(=O)C1N([C@@H](CO)CC(C)C)C(=O)[C@@H]2[C@@H](C(=O)N(CC=C)c3ccccc3)[C@H]3CCC12O3. The molecule has 0 saturated carbocycles. The Kier molecular flexibility index (Phi) is 10.1. The van der Waals surface area contributed by atoms with E-state index in [2.05, 4.69) is 20.1 Å². The van der Waals surface area contributed by atoms with Crippen molar-refractivity contribution >= 4 is 23.4 Å². The molecule has 4 rings (SSSR count). The van der Waals surface area contributed by atoms with Crippen molar-refractivity contribution in [3.8, 4) is 0 Å². The molecule has 2 bridgehead atoms. The number of aliphatic hydroxyl groups is 1. The number of anilines is 1. The minimum absolute atomic E-state index is 0.182. The van der Waals surface area contributed by atoms with Crippen LogP contribution in [0, 0.1) is 17.8 Å². The monoisotopic (exact) mass is 565 g/mol. The zero-order valence-electron chi connectivity index (χ0n) is 24.9. The third-order valence-corrected chi connectivity index (χ3v) is 8.94. The lowest BCUT2D eigenvalue weighted by molar-refractivity contribution is -0.151. The van der Waals surface area contributed by atoms with Gasteiger partial charge in [-0.2, -0.15) is 0 Å². The summed E-state index contributed by atoms with van der Waals surface area (Å²) in [6.45, 7) is 14.9. The fourth-order valence-corrected chi connectivity index (χ4v) is 7.28. The number of benzene rings is 1. The summed E-state index contributed by atoms with van der Waals surface area (Å²) in [5, 5.41) is 10.5. The van der Waals surface area contributed by atoms with Crippen LogP contribution in [-0.2, 0) is 19.1 Å². The van der Waals surface area contributed by atoms with E-state index in [1.807, 2.05) is 44.2 Å². The molecule has 3 fully saturated rings. The van der Waals surface area contributed by atoms with E-state index in [-0.39, 0.29) is 30.2 Å². The lowest BCUT2D eigenvalue weighted by atomic mass is 9.70. The number of aliphatic hydroxyl groups excluding tert-OH is 1. The molecule has 41 heavy (non-hydrogen) atoms. The number of para-hydroxylation sites is 1. The Labute approximate surface area is 245 Å². The van der Waals surface area contributed by atoms with Crippen LogP contribution < -0.4 is 4.90 Å². The minimum Gasteiger partial charge on any atom is -0.394 e. The van der Waals surface area contributed by atoms with Gasteiger partial charge in [-0.15, -0.1) is 13.2 Å². The molecule has 8 heteroatoms. The number of rotatable bonds is 15. The molecule has 6 atom stereocenters. The molecule has 3 saturated heterocycles. The summed E-state index contributed by atoms with van der Waals surface area (Å²) in [4.78, 5) is 48.3. The Morgan fingerprint density at radius 1 is 1.15 bits per heavy atom. The first kappa shape index (κ1) is 31.0. The highest BCUT2D eigenvalue weighted by atomic mass is 16.5. The maximum Gasteiger partial charge on any atom is 0.248 e. The van der Waals surface area contributed by atoms with Gasteiger partial charge in [0.1, 0.15) is 11.6 Å². The van der Waals surface area contributed by atoms with E-state index in [4.69, 9.17) is 4.74 Å². The van der Waals surface area contributed by atoms with Crippen LogP contribution in [0.5, 0.6) is 0 Å². The van der Waals surface area contributed by atoms with Crippen molar-refractivity contribution in [1.82, 2.24) is 9.80 Å². The number of likely N-dealkylation sites (tertiary alicyclic amines) is 1. The molecular weight excluding hydrogens is 518 g/mol. The topological polar surface area (TPSA) is 90.4 Å². The summed E-state index contributed by atoms with van der Waals surface area (Å²) in [6.07, 6.45) is 7.46. The number of unbranched alkanes of at least 4 members (excludes halogenated alkanes) is 2. The van der Waals surface area contributed by atoms with Gasteiger partial charge in [0.15, 0.2) is 0 Å². The van der Waals surface area contributed by atoms with Crippen LogP contribution in [0.1, 0.15) is 59.3 Å². The summed E-state index contributed by atoms with van der Waals surface area (Å²) in [5.74, 6) is -1.95. The van der Waals surface area contributed by atoms with Gasteiger partial charge in [-0.3, -0.25) is 14.4 Å². The Morgan fingerprint density at radius 3 is 2.46 bits per heavy atom. The van der Waals surface area contributed by atoms with Gasteiger partial charge >= 0.3 is 0 Å². The minimum atomic E-state index is -1.11. The Bertz CT molecular complexity index is 1110. The lowest BCUT2D eigenvalue weighted by Gasteiger charge is -2.39. The zero-order chi connectivity index (χ0) is 29.7. The molecule has 3 aliphatic heterocycles. The van der Waals surface area contributed by atoms with E-state index < -0.39 is 35.6 Å². The van der Waals surface area contributed by atoms with E-state index in [0.717, 1.165) is 24.9 Å². The van der Waals surface area contributed by atoms with Gasteiger partial charge in [-0.25, -0.2) is 0 Å². The molecule has 1 N–H and O–H groups in total. The van der Waals surface area contributed by atoms with Gasteiger partial charge in [0.2, 0.25) is 17.7 Å². The van der Waals surface area contributed by atoms with E-state index in [9.17, 15) is 19.5 Å². The van der Waals surface area contributed by atoms with Crippen LogP contribution in [0.2, 0.25) is 0 Å². The number of nitrogens with zero attached hydrogens (tertiary/aromatic N) is 3. The number of fused-ring (bicyclic) bond motifs is 1. The maximum absolute atomic E-state index is 14.5. The van der Waals surface area contributed by atoms with Crippen molar-refractivity contribution in [2.75, 3.05) is 31.1 Å². The molecule has 1 spiro atoms. The zero-order valence-corrected chi connectivity index (χ0v) is 24.9. The van der Waals surface area contributed by atoms with E-state index in [1.165, 1.54) is 0 Å². The summed E-state index contributed by atoms with van der Waals surface area (Å²) >= 11 is 0. The molecule has 3 amide bonds. The second kappa shape index (κ2) is 13.3. The van der Waals surface area contributed by atoms with Crippen molar-refractivity contribution in [3.63, 3.8) is 0 Å². The predicted molar refractivity (Wildman–Crippen MR) is 160 cm³/mol. The van der Waals surface area contributed by atoms with Gasteiger partial charge in [-0.1, -0.05) is 64.0 Å². The molecule has 3 heterocycles. The number of carbonyl (C=O) groups is 3. The normalized spacial score (nSPS) is 27.1. The molecule has 2 unspecified atom stereocenters. The first-order chi connectivity index (χ1) is 19.7. The van der Waals surface area contributed by atoms with E-state index in [0.29, 0.717) is 38.9 Å². The van der Waals surface area contributed by atoms with Crippen molar-refractivity contribution in [2.45, 2.75) is 83.1 Å². The largest absolute Gasteiger partial charge is 0.394 e. The molecule has 1 aromatic rings. The molecule has 0 aliphatic carbocycles. The molecule has 3 aliphatic rings. The van der Waals surface area contributed by atoms with Gasteiger partial charge in [0.25, 0.3) is 0 Å². The van der Waals surface area contributed by atoms with Gasteiger partial charge in [-0.05, 0) is 43.7 Å². The Hall–Kier alpha value is -2.97. The Balaban J connectivity index is 1.77. The van der Waals surface area contributed by atoms with Gasteiger partial charge in [0.05, 0.1) is 30.6 Å². The molecule has 0 radical (unpaired) electrons. The average Bonchev–Trinajstić information content (AvgIpc) is 3.61. The standard InChI is InChI=1S/C33H47N3O5/c1-6-9-13-20-34(18-7-2)32(40)29-33-17-16-26(41-33)27(28(33)31(39)36(29)25(22-37)21-23(4)5)30(38)35(19-8-3)24-14-11-10-12-15-24/h7-8,10-12,14-15,23,25-29,37H,2-3,6,9,13,16-22H2,1,4-5H3/t25-,26-,27+,28+,29?,33?/m1/s1. The number of ether oxygens (including phenoxy) is 1. The number of hydrogen-bond acceptors (Lipinski definition) is 5. The third kappa shape index (κ3) is 5.73. The second-order valence-corrected chi connectivity index (χ2v) is 12.1. The van der Waals surface area contributed by atoms with Crippen LogP contribution in [0.4, 0.5) is 5.69 Å². The molecular formula is C33H47N3O5. The van der Waals surface area contributed by atoms with Crippen LogP contribution in [0.15, 0.2) is 55.6 Å². The summed E-state index contributed by atoms with van der Waals surface area (Å²) in [6, 6.07) is 7.93. The summed E-state index contributed by atoms with van der Waals surface area (Å²) in [5.41, 5.74) is -0.380. The quantitative estimate of drug-likeness (QED) is 0.254. The highest BCUT2D eigenvalue weighted by Crippen LogP contribution is 2.59. The number of amides is 3. The third-order valence-electron chi connectivity index (χ3n) is 8.94. The number of carbonyl (C=O) groups excluding carboxylic acids is 3. The smallest absolute Gasteiger partial charge is 0.248 e. The molecule has 0 aromatic heterocycles. The van der Waals surface area contributed by atoms with Crippen molar-refractivity contribution < 1.29 is 24.2 Å². The predicted octanol–water partition coefficient (Wildman–Crippen LogP) is 4.19. The molecule has 224 valence electrons. The van der Waals surface area contributed by atoms with Crippen LogP contribution >= 0.6 is 0 Å². The van der Waals surface area contributed by atoms with Crippen LogP contribution in [0.25, 0.3) is 0 Å². The van der Waals surface area contributed by atoms with Crippen molar-refractivity contribution in [2.24, 2.45) is 17.8 Å². The lowest BCUT2D eigenvalue weighted by Crippen LogP contribution is -2.59. The Morgan fingerprint density at radius 2 is 1.85 bits per heavy atom. The average molecular weight is 566 g/mol. The number of hydrogen-bond donors (Lipinski definition) is 1. The van der Waals surface area contributed by atoms with E-state index >= 15 is 0 Å². The maximum atomic E-state index is 14.5. The van der Waals surface area contributed by atoms with Crippen LogP contribution in [-0.4, -0.2) is 82.7 Å². The second-order valence-electron chi connectivity index (χ2n) is 12.1. The summed E-state index contributed by atoms with van der Waals surface area (Å²) in [7, 11) is 0.